The molecule has 41 heavy (non-hydrogen) atoms. The van der Waals surface area contributed by atoms with E-state index < -0.39 is 22.5 Å². The Bertz CT molecular complexity index is 1660. The topological polar surface area (TPSA) is 102 Å². The van der Waals surface area contributed by atoms with Gasteiger partial charge in [-0.15, -0.1) is 0 Å². The molecule has 1 heterocycles. The van der Waals surface area contributed by atoms with E-state index >= 15 is 0 Å². The van der Waals surface area contributed by atoms with Crippen LogP contribution in [0.3, 0.4) is 0 Å². The second-order valence-corrected chi connectivity index (χ2v) is 11.8. The lowest BCUT2D eigenvalue weighted by molar-refractivity contribution is 0.104. The van der Waals surface area contributed by atoms with Gasteiger partial charge in [-0.1, -0.05) is 24.6 Å². The highest BCUT2D eigenvalue weighted by Gasteiger charge is 2.21. The van der Waals surface area contributed by atoms with Crippen LogP contribution < -0.4 is 14.2 Å². The monoisotopic (exact) mass is 577 g/mol. The highest BCUT2D eigenvalue weighted by atomic mass is 32.2. The maximum absolute atomic E-state index is 14.1. The highest BCUT2D eigenvalue weighted by Crippen LogP contribution is 2.36. The second-order valence-electron chi connectivity index (χ2n) is 10.3. The van der Waals surface area contributed by atoms with Gasteiger partial charge in [0, 0.05) is 17.2 Å². The number of aliphatic hydroxyl groups is 1. The summed E-state index contributed by atoms with van der Waals surface area (Å²) < 4.78 is 48.3. The fourth-order valence-electron chi connectivity index (χ4n) is 5.30. The maximum atomic E-state index is 14.1. The standard InChI is InChI=1S/C32H32FNO6S/c1-41(37,38)40-27-11-14-29-22(19-27)7-12-30(28-13-8-24(33)18-23(28)20-35)31(29)32(36)21-5-9-26(10-6-21)39-17-15-25-4-2-3-16-34-25/h5-14,18-19,25,34-35H,2-4,15-17,20H2,1H3. The summed E-state index contributed by atoms with van der Waals surface area (Å²) in [5, 5.41) is 14.6. The van der Waals surface area contributed by atoms with E-state index in [9.17, 15) is 22.7 Å². The summed E-state index contributed by atoms with van der Waals surface area (Å²) in [6.07, 6.45) is 5.46. The SMILES string of the molecule is CS(=O)(=O)Oc1ccc2c(C(=O)c3ccc(OCCC4CCCCN4)cc3)c(-c3ccc(F)cc3CO)ccc2c1. The van der Waals surface area contributed by atoms with Gasteiger partial charge in [0.15, 0.2) is 5.78 Å². The Morgan fingerprint density at radius 1 is 0.976 bits per heavy atom. The smallest absolute Gasteiger partial charge is 0.306 e. The van der Waals surface area contributed by atoms with Gasteiger partial charge >= 0.3 is 10.1 Å². The zero-order valence-corrected chi connectivity index (χ0v) is 23.5. The predicted octanol–water partition coefficient (Wildman–Crippen LogP) is 5.62. The van der Waals surface area contributed by atoms with Crippen LogP contribution in [0.25, 0.3) is 21.9 Å². The molecule has 0 amide bonds. The van der Waals surface area contributed by atoms with Crippen LogP contribution in [0.1, 0.15) is 47.2 Å². The molecular weight excluding hydrogens is 545 g/mol. The number of fused-ring (bicyclic) bond motifs is 1. The van der Waals surface area contributed by atoms with E-state index in [1.807, 2.05) is 0 Å². The van der Waals surface area contributed by atoms with Crippen molar-refractivity contribution in [2.24, 2.45) is 0 Å². The molecule has 9 heteroatoms. The normalized spacial score (nSPS) is 15.5. The molecule has 214 valence electrons. The minimum Gasteiger partial charge on any atom is -0.494 e. The van der Waals surface area contributed by atoms with E-state index in [4.69, 9.17) is 8.92 Å². The van der Waals surface area contributed by atoms with Crippen LogP contribution in [0.15, 0.2) is 72.8 Å². The van der Waals surface area contributed by atoms with Crippen molar-refractivity contribution in [2.45, 2.75) is 38.3 Å². The van der Waals surface area contributed by atoms with Crippen LogP contribution >= 0.6 is 0 Å². The van der Waals surface area contributed by atoms with E-state index in [0.29, 0.717) is 57.0 Å². The third-order valence-electron chi connectivity index (χ3n) is 7.26. The number of carbonyl (C=O) groups is 1. The molecule has 4 aromatic carbocycles. The summed E-state index contributed by atoms with van der Waals surface area (Å²) >= 11 is 0. The molecule has 1 atom stereocenters. The number of carbonyl (C=O) groups excluding carboxylic acids is 1. The summed E-state index contributed by atoms with van der Waals surface area (Å²) in [5.74, 6) is 0.00511. The molecule has 4 aromatic rings. The summed E-state index contributed by atoms with van der Waals surface area (Å²) in [7, 11) is -3.74. The number of ether oxygens (including phenoxy) is 1. The molecule has 0 aliphatic carbocycles. The highest BCUT2D eigenvalue weighted by molar-refractivity contribution is 7.86. The number of aliphatic hydroxyl groups excluding tert-OH is 1. The molecule has 1 unspecified atom stereocenters. The first-order valence-electron chi connectivity index (χ1n) is 13.6. The Hall–Kier alpha value is -3.79. The van der Waals surface area contributed by atoms with E-state index in [1.165, 1.54) is 37.1 Å². The quantitative estimate of drug-likeness (QED) is 0.186. The fraction of sp³-hybridized carbons (Fsp3) is 0.281. The Morgan fingerprint density at radius 2 is 1.73 bits per heavy atom. The summed E-state index contributed by atoms with van der Waals surface area (Å²) in [6.45, 7) is 1.20. The molecule has 1 aliphatic heterocycles. The molecule has 7 nitrogen and oxygen atoms in total. The molecule has 1 aliphatic rings. The van der Waals surface area contributed by atoms with Gasteiger partial charge in [-0.25, -0.2) is 4.39 Å². The Kier molecular flexibility index (Phi) is 8.68. The maximum Gasteiger partial charge on any atom is 0.306 e. The van der Waals surface area contributed by atoms with Gasteiger partial charge < -0.3 is 19.3 Å². The largest absolute Gasteiger partial charge is 0.494 e. The first-order valence-corrected chi connectivity index (χ1v) is 15.4. The Balaban J connectivity index is 1.50. The van der Waals surface area contributed by atoms with Gasteiger partial charge in [0.2, 0.25) is 0 Å². The third-order valence-corrected chi connectivity index (χ3v) is 7.75. The molecule has 0 radical (unpaired) electrons. The van der Waals surface area contributed by atoms with E-state index in [1.54, 1.807) is 48.5 Å². The van der Waals surface area contributed by atoms with Gasteiger partial charge in [-0.3, -0.25) is 4.79 Å². The van der Waals surface area contributed by atoms with Crippen molar-refractivity contribution < 1.29 is 31.6 Å². The van der Waals surface area contributed by atoms with Crippen molar-refractivity contribution in [3.05, 3.63) is 95.3 Å². The zero-order chi connectivity index (χ0) is 29.0. The van der Waals surface area contributed by atoms with Gasteiger partial charge in [0.05, 0.1) is 19.5 Å². The van der Waals surface area contributed by atoms with Crippen molar-refractivity contribution in [3.63, 3.8) is 0 Å². The average Bonchev–Trinajstić information content (AvgIpc) is 2.96. The Morgan fingerprint density at radius 3 is 2.44 bits per heavy atom. The molecule has 1 fully saturated rings. The van der Waals surface area contributed by atoms with Crippen LogP contribution in [-0.2, 0) is 16.7 Å². The summed E-state index contributed by atoms with van der Waals surface area (Å²) in [6, 6.07) is 19.6. The van der Waals surface area contributed by atoms with Crippen molar-refractivity contribution >= 4 is 26.7 Å². The number of hydrogen-bond donors (Lipinski definition) is 2. The third kappa shape index (κ3) is 6.93. The molecule has 0 saturated carbocycles. The van der Waals surface area contributed by atoms with Gasteiger partial charge in [-0.05, 0) is 108 Å². The molecule has 0 spiro atoms. The molecular formula is C32H32FNO6S. The average molecular weight is 578 g/mol. The zero-order valence-electron chi connectivity index (χ0n) is 22.7. The molecule has 2 N–H and O–H groups in total. The van der Waals surface area contributed by atoms with Crippen molar-refractivity contribution in [1.82, 2.24) is 5.32 Å². The lowest BCUT2D eigenvalue weighted by Gasteiger charge is -2.23. The number of halogens is 1. The number of piperidine rings is 1. The van der Waals surface area contributed by atoms with Gasteiger partial charge in [0.25, 0.3) is 0 Å². The number of ketones is 1. The molecule has 5 rings (SSSR count). The van der Waals surface area contributed by atoms with E-state index in [2.05, 4.69) is 5.32 Å². The minimum absolute atomic E-state index is 0.119. The summed E-state index contributed by atoms with van der Waals surface area (Å²) in [4.78, 5) is 14.1. The van der Waals surface area contributed by atoms with E-state index in [0.717, 1.165) is 25.6 Å². The van der Waals surface area contributed by atoms with Crippen LogP contribution in [0.4, 0.5) is 4.39 Å². The van der Waals surface area contributed by atoms with Crippen LogP contribution in [0.2, 0.25) is 0 Å². The minimum atomic E-state index is -3.74. The van der Waals surface area contributed by atoms with Crippen molar-refractivity contribution in [2.75, 3.05) is 19.4 Å². The lowest BCUT2D eigenvalue weighted by Crippen LogP contribution is -2.35. The predicted molar refractivity (Wildman–Crippen MR) is 156 cm³/mol. The lowest BCUT2D eigenvalue weighted by atomic mass is 9.87. The number of hydrogen-bond acceptors (Lipinski definition) is 7. The van der Waals surface area contributed by atoms with Crippen LogP contribution in [-0.4, -0.2) is 44.8 Å². The Labute approximate surface area is 239 Å². The molecule has 1 saturated heterocycles. The molecule has 0 aromatic heterocycles. The first kappa shape index (κ1) is 28.7. The summed E-state index contributed by atoms with van der Waals surface area (Å²) in [5.41, 5.74) is 2.14. The van der Waals surface area contributed by atoms with Gasteiger partial charge in [0.1, 0.15) is 17.3 Å². The van der Waals surface area contributed by atoms with Crippen molar-refractivity contribution in [3.8, 4) is 22.6 Å². The fourth-order valence-corrected chi connectivity index (χ4v) is 5.75. The van der Waals surface area contributed by atoms with Crippen LogP contribution in [0.5, 0.6) is 11.5 Å². The number of benzene rings is 4. The van der Waals surface area contributed by atoms with Crippen molar-refractivity contribution in [1.29, 1.82) is 0 Å². The second kappa shape index (κ2) is 12.4. The number of nitrogens with one attached hydrogen (secondary N) is 1. The van der Waals surface area contributed by atoms with Gasteiger partial charge in [-0.2, -0.15) is 8.42 Å². The van der Waals surface area contributed by atoms with Crippen LogP contribution in [0, 0.1) is 5.82 Å². The van der Waals surface area contributed by atoms with E-state index in [-0.39, 0.29) is 11.5 Å². The number of rotatable bonds is 10. The first-order chi connectivity index (χ1) is 19.7. The molecule has 0 bridgehead atoms.